The monoisotopic (exact) mass is 448 g/mol. The van der Waals surface area contributed by atoms with Crippen molar-refractivity contribution in [1.82, 2.24) is 9.97 Å². The van der Waals surface area contributed by atoms with Crippen LogP contribution in [0.3, 0.4) is 0 Å². The van der Waals surface area contributed by atoms with Crippen LogP contribution in [0.1, 0.15) is 44.1 Å². The number of nitrogens with zero attached hydrogens (tertiary/aromatic N) is 4. The molecule has 172 valence electrons. The van der Waals surface area contributed by atoms with E-state index in [0.717, 1.165) is 61.4 Å². The molecule has 7 nitrogen and oxygen atoms in total. The normalized spacial score (nSPS) is 33.4. The van der Waals surface area contributed by atoms with E-state index in [1.165, 1.54) is 12.5 Å². The van der Waals surface area contributed by atoms with Crippen molar-refractivity contribution in [3.8, 4) is 5.75 Å². The van der Waals surface area contributed by atoms with Crippen molar-refractivity contribution < 1.29 is 9.13 Å². The summed E-state index contributed by atoms with van der Waals surface area (Å²) in [7, 11) is 2.01. The Hall–Kier alpha value is -2.87. The zero-order chi connectivity index (χ0) is 22.5. The summed E-state index contributed by atoms with van der Waals surface area (Å²) < 4.78 is 20.2. The van der Waals surface area contributed by atoms with Crippen molar-refractivity contribution >= 4 is 23.1 Å². The summed E-state index contributed by atoms with van der Waals surface area (Å²) in [5.74, 6) is 3.73. The van der Waals surface area contributed by atoms with Gasteiger partial charge in [0.1, 0.15) is 23.1 Å². The number of benzene rings is 1. The van der Waals surface area contributed by atoms with E-state index in [2.05, 4.69) is 26.7 Å². The van der Waals surface area contributed by atoms with Crippen LogP contribution in [0.25, 0.3) is 0 Å². The molecule has 4 bridgehead atoms. The van der Waals surface area contributed by atoms with Gasteiger partial charge in [0.15, 0.2) is 5.82 Å². The van der Waals surface area contributed by atoms with Gasteiger partial charge in [-0.15, -0.1) is 0 Å². The standard InChI is InChI=1S/C25H29FN6O/c1-14-31(2)20-12-28-23(29-19-6-17-3-4-33-21(17)7-18(19)26)30-22(20)32(14)25-10-15-5-16(11-25)9-24(27,8-15)13-25/h6-7,12,15-16H,1,3-5,8-11,13,27H2,2H3,(H,28,29,30). The van der Waals surface area contributed by atoms with Gasteiger partial charge in [-0.05, 0) is 62.0 Å². The van der Waals surface area contributed by atoms with Crippen LogP contribution in [0.4, 0.5) is 27.5 Å². The van der Waals surface area contributed by atoms with Crippen molar-refractivity contribution in [3.63, 3.8) is 0 Å². The molecule has 4 saturated carbocycles. The second-order valence-corrected chi connectivity index (χ2v) is 10.9. The van der Waals surface area contributed by atoms with Gasteiger partial charge in [0, 0.05) is 25.1 Å². The van der Waals surface area contributed by atoms with Crippen LogP contribution >= 0.6 is 0 Å². The van der Waals surface area contributed by atoms with Gasteiger partial charge in [-0.2, -0.15) is 4.98 Å². The molecule has 0 spiro atoms. The van der Waals surface area contributed by atoms with Gasteiger partial charge in [0.25, 0.3) is 0 Å². The largest absolute Gasteiger partial charge is 0.493 e. The van der Waals surface area contributed by atoms with E-state index in [1.54, 1.807) is 6.07 Å². The molecule has 1 aromatic heterocycles. The molecule has 2 aliphatic heterocycles. The maximum Gasteiger partial charge on any atom is 0.229 e. The zero-order valence-corrected chi connectivity index (χ0v) is 18.9. The number of nitrogens with two attached hydrogens (primary N) is 1. The summed E-state index contributed by atoms with van der Waals surface area (Å²) in [6, 6.07) is 3.24. The Morgan fingerprint density at radius 3 is 2.79 bits per heavy atom. The van der Waals surface area contributed by atoms with Crippen LogP contribution in [0, 0.1) is 17.7 Å². The van der Waals surface area contributed by atoms with E-state index < -0.39 is 0 Å². The molecular formula is C25H29FN6O. The molecule has 3 N–H and O–H groups in total. The van der Waals surface area contributed by atoms with Gasteiger partial charge in [-0.25, -0.2) is 9.37 Å². The molecule has 0 saturated heterocycles. The molecule has 2 unspecified atom stereocenters. The van der Waals surface area contributed by atoms with E-state index in [1.807, 2.05) is 13.2 Å². The average molecular weight is 449 g/mol. The number of anilines is 4. The minimum Gasteiger partial charge on any atom is -0.493 e. The maximum absolute atomic E-state index is 14.7. The van der Waals surface area contributed by atoms with E-state index in [0.29, 0.717) is 35.8 Å². The van der Waals surface area contributed by atoms with E-state index in [-0.39, 0.29) is 16.9 Å². The number of hydrogen-bond acceptors (Lipinski definition) is 7. The lowest BCUT2D eigenvalue weighted by Crippen LogP contribution is -2.68. The van der Waals surface area contributed by atoms with Crippen molar-refractivity contribution in [3.05, 3.63) is 42.1 Å². The Labute approximate surface area is 192 Å². The molecule has 2 aromatic rings. The lowest BCUT2D eigenvalue weighted by molar-refractivity contribution is -0.0185. The van der Waals surface area contributed by atoms with Gasteiger partial charge in [-0.1, -0.05) is 6.58 Å². The van der Waals surface area contributed by atoms with E-state index >= 15 is 0 Å². The minimum atomic E-state index is -0.371. The predicted octanol–water partition coefficient (Wildman–Crippen LogP) is 4.07. The van der Waals surface area contributed by atoms with Gasteiger partial charge in [0.05, 0.1) is 24.0 Å². The molecule has 4 aliphatic carbocycles. The summed E-state index contributed by atoms with van der Waals surface area (Å²) in [5, 5.41) is 3.11. The quantitative estimate of drug-likeness (QED) is 0.733. The van der Waals surface area contributed by atoms with Gasteiger partial charge in [0.2, 0.25) is 5.95 Å². The molecule has 2 atom stereocenters. The first kappa shape index (κ1) is 19.6. The molecule has 1 aromatic carbocycles. The van der Waals surface area contributed by atoms with Gasteiger partial charge in [-0.3, -0.25) is 0 Å². The third-order valence-electron chi connectivity index (χ3n) is 8.54. The number of rotatable bonds is 3. The first-order chi connectivity index (χ1) is 15.8. The number of nitrogens with one attached hydrogen (secondary N) is 1. The third-order valence-corrected chi connectivity index (χ3v) is 8.54. The summed E-state index contributed by atoms with van der Waals surface area (Å²) >= 11 is 0. The number of fused-ring (bicyclic) bond motifs is 2. The van der Waals surface area contributed by atoms with E-state index in [4.69, 9.17) is 15.5 Å². The molecule has 0 radical (unpaired) electrons. The van der Waals surface area contributed by atoms with Crippen LogP contribution in [0.15, 0.2) is 30.7 Å². The zero-order valence-electron chi connectivity index (χ0n) is 18.9. The molecule has 6 aliphatic rings. The van der Waals surface area contributed by atoms with Crippen molar-refractivity contribution in [2.45, 2.75) is 56.0 Å². The summed E-state index contributed by atoms with van der Waals surface area (Å²) in [6.07, 6.45) is 9.36. The highest BCUT2D eigenvalue weighted by Gasteiger charge is 2.60. The lowest BCUT2D eigenvalue weighted by Gasteiger charge is -2.63. The lowest BCUT2D eigenvalue weighted by atomic mass is 9.49. The SMILES string of the molecule is C=C1N(C)c2cnc(Nc3cc4c(cc3F)OCC4)nc2N1C12CC3CC(CC(N)(C3)C1)C2. The molecular weight excluding hydrogens is 419 g/mol. The Morgan fingerprint density at radius 1 is 1.24 bits per heavy atom. The Morgan fingerprint density at radius 2 is 2.03 bits per heavy atom. The van der Waals surface area contributed by atoms with Crippen LogP contribution in [0.5, 0.6) is 5.75 Å². The first-order valence-corrected chi connectivity index (χ1v) is 11.9. The van der Waals surface area contributed by atoms with Crippen molar-refractivity contribution in [2.75, 3.05) is 28.8 Å². The molecule has 3 heterocycles. The topological polar surface area (TPSA) is 79.5 Å². The number of ether oxygens (including phenoxy) is 1. The predicted molar refractivity (Wildman–Crippen MR) is 125 cm³/mol. The highest BCUT2D eigenvalue weighted by molar-refractivity contribution is 5.80. The van der Waals surface area contributed by atoms with E-state index in [9.17, 15) is 4.39 Å². The Bertz CT molecular complexity index is 1180. The molecule has 0 amide bonds. The highest BCUT2D eigenvalue weighted by Crippen LogP contribution is 2.61. The molecule has 8 heteroatoms. The second kappa shape index (κ2) is 6.38. The number of halogens is 1. The van der Waals surface area contributed by atoms with Crippen LogP contribution in [-0.4, -0.2) is 34.7 Å². The summed E-state index contributed by atoms with van der Waals surface area (Å²) in [4.78, 5) is 13.8. The number of hydrogen-bond donors (Lipinski definition) is 2. The van der Waals surface area contributed by atoms with Crippen LogP contribution in [-0.2, 0) is 6.42 Å². The fourth-order valence-electron chi connectivity index (χ4n) is 7.70. The molecule has 33 heavy (non-hydrogen) atoms. The average Bonchev–Trinajstić information content (AvgIpc) is 3.28. The minimum absolute atomic E-state index is 0.0583. The second-order valence-electron chi connectivity index (χ2n) is 10.9. The fraction of sp³-hybridized carbons (Fsp3) is 0.520. The van der Waals surface area contributed by atoms with Gasteiger partial charge < -0.3 is 25.6 Å². The third kappa shape index (κ3) is 2.76. The fourth-order valence-corrected chi connectivity index (χ4v) is 7.70. The van der Waals surface area contributed by atoms with Crippen LogP contribution < -0.4 is 25.6 Å². The highest BCUT2D eigenvalue weighted by atomic mass is 19.1. The number of aromatic nitrogens is 2. The Balaban J connectivity index is 1.27. The van der Waals surface area contributed by atoms with Crippen molar-refractivity contribution in [2.24, 2.45) is 17.6 Å². The summed E-state index contributed by atoms with van der Waals surface area (Å²) in [5.41, 5.74) is 9.04. The van der Waals surface area contributed by atoms with Gasteiger partial charge >= 0.3 is 0 Å². The molecule has 4 fully saturated rings. The first-order valence-electron chi connectivity index (χ1n) is 11.9. The smallest absolute Gasteiger partial charge is 0.229 e. The maximum atomic E-state index is 14.7. The Kier molecular flexibility index (Phi) is 3.78. The summed E-state index contributed by atoms with van der Waals surface area (Å²) in [6.45, 7) is 5.01. The van der Waals surface area contributed by atoms with Crippen molar-refractivity contribution in [1.29, 1.82) is 0 Å². The molecule has 8 rings (SSSR count). The van der Waals surface area contributed by atoms with Crippen LogP contribution in [0.2, 0.25) is 0 Å².